The summed E-state index contributed by atoms with van der Waals surface area (Å²) in [6.07, 6.45) is 0. The summed E-state index contributed by atoms with van der Waals surface area (Å²) in [6, 6.07) is 4.70. The molecule has 0 heterocycles. The molecule has 4 nitrogen and oxygen atoms in total. The van der Waals surface area contributed by atoms with Crippen LogP contribution in [0.25, 0.3) is 0 Å². The topological polar surface area (TPSA) is 60.8 Å². The van der Waals surface area contributed by atoms with Crippen molar-refractivity contribution in [2.45, 2.75) is 19.4 Å². The molecular formula is C12H16BrNO3. The lowest BCUT2D eigenvalue weighted by molar-refractivity contribution is 0.0470. The Morgan fingerprint density at radius 3 is 2.53 bits per heavy atom. The molecule has 0 saturated carbocycles. The minimum absolute atomic E-state index is 0.0787. The Balaban J connectivity index is 3.05. The molecule has 0 radical (unpaired) electrons. The van der Waals surface area contributed by atoms with E-state index < -0.39 is 5.54 Å². The van der Waals surface area contributed by atoms with Gasteiger partial charge < -0.3 is 15.1 Å². The lowest BCUT2D eigenvalue weighted by Gasteiger charge is -2.34. The van der Waals surface area contributed by atoms with Crippen LogP contribution in [0.2, 0.25) is 0 Å². The van der Waals surface area contributed by atoms with Crippen molar-refractivity contribution in [3.05, 3.63) is 28.2 Å². The Bertz CT molecular complexity index is 432. The number of carbonyl (C=O) groups excluding carboxylic acids is 1. The van der Waals surface area contributed by atoms with E-state index in [9.17, 15) is 15.0 Å². The van der Waals surface area contributed by atoms with Crippen LogP contribution in [0.3, 0.4) is 0 Å². The second-order valence-electron chi connectivity index (χ2n) is 4.50. The SMILES string of the molecule is CN(C(=O)c1ccc(Br)cc1O)C(C)(C)CO. The van der Waals surface area contributed by atoms with Crippen LogP contribution in [-0.4, -0.2) is 40.2 Å². The second kappa shape index (κ2) is 5.06. The normalized spacial score (nSPS) is 11.4. The zero-order valence-corrected chi connectivity index (χ0v) is 11.7. The van der Waals surface area contributed by atoms with E-state index >= 15 is 0 Å². The molecule has 0 fully saturated rings. The average Bonchev–Trinajstić information content (AvgIpc) is 2.27. The van der Waals surface area contributed by atoms with Crippen molar-refractivity contribution in [1.82, 2.24) is 4.90 Å². The number of aliphatic hydroxyl groups is 1. The molecular weight excluding hydrogens is 286 g/mol. The number of likely N-dealkylation sites (N-methyl/N-ethyl adjacent to an activating group) is 1. The molecule has 5 heteroatoms. The first-order valence-electron chi connectivity index (χ1n) is 5.17. The maximum atomic E-state index is 12.1. The number of halogens is 1. The van der Waals surface area contributed by atoms with Gasteiger partial charge in [-0.2, -0.15) is 0 Å². The molecule has 17 heavy (non-hydrogen) atoms. The number of benzene rings is 1. The lowest BCUT2D eigenvalue weighted by Crippen LogP contribution is -2.47. The third kappa shape index (κ3) is 2.98. The molecule has 1 aromatic carbocycles. The summed E-state index contributed by atoms with van der Waals surface area (Å²) in [4.78, 5) is 13.5. The van der Waals surface area contributed by atoms with Gasteiger partial charge in [-0.15, -0.1) is 0 Å². The molecule has 0 aliphatic carbocycles. The molecule has 0 atom stereocenters. The van der Waals surface area contributed by atoms with Gasteiger partial charge in [0, 0.05) is 11.5 Å². The first-order chi connectivity index (χ1) is 7.79. The first-order valence-corrected chi connectivity index (χ1v) is 5.96. The fourth-order valence-electron chi connectivity index (χ4n) is 1.25. The monoisotopic (exact) mass is 301 g/mol. The molecule has 0 saturated heterocycles. The molecule has 0 aliphatic rings. The van der Waals surface area contributed by atoms with Gasteiger partial charge >= 0.3 is 0 Å². The largest absolute Gasteiger partial charge is 0.507 e. The van der Waals surface area contributed by atoms with E-state index in [2.05, 4.69) is 15.9 Å². The summed E-state index contributed by atoms with van der Waals surface area (Å²) in [6.45, 7) is 3.36. The minimum Gasteiger partial charge on any atom is -0.507 e. The Kier molecular flexibility index (Phi) is 4.16. The second-order valence-corrected chi connectivity index (χ2v) is 5.41. The fourth-order valence-corrected chi connectivity index (χ4v) is 1.60. The third-order valence-electron chi connectivity index (χ3n) is 2.79. The van der Waals surface area contributed by atoms with Gasteiger partial charge in [0.05, 0.1) is 17.7 Å². The van der Waals surface area contributed by atoms with Crippen LogP contribution >= 0.6 is 15.9 Å². The maximum absolute atomic E-state index is 12.1. The van der Waals surface area contributed by atoms with Crippen molar-refractivity contribution in [3.63, 3.8) is 0 Å². The zero-order valence-electron chi connectivity index (χ0n) is 10.1. The van der Waals surface area contributed by atoms with Crippen molar-refractivity contribution in [2.75, 3.05) is 13.7 Å². The number of phenolic OH excluding ortho intramolecular Hbond substituents is 1. The molecule has 1 rings (SSSR count). The minimum atomic E-state index is -0.670. The van der Waals surface area contributed by atoms with Crippen LogP contribution in [0.4, 0.5) is 0 Å². The summed E-state index contributed by atoms with van der Waals surface area (Å²) in [7, 11) is 1.60. The predicted molar refractivity (Wildman–Crippen MR) is 69.1 cm³/mol. The number of phenols is 1. The van der Waals surface area contributed by atoms with E-state index in [4.69, 9.17) is 0 Å². The highest BCUT2D eigenvalue weighted by molar-refractivity contribution is 9.10. The molecule has 0 bridgehead atoms. The smallest absolute Gasteiger partial charge is 0.257 e. The van der Waals surface area contributed by atoms with Gasteiger partial charge in [-0.05, 0) is 32.0 Å². The van der Waals surface area contributed by atoms with Crippen LogP contribution < -0.4 is 0 Å². The molecule has 0 spiro atoms. The Labute approximate surface area is 109 Å². The Morgan fingerprint density at radius 1 is 1.47 bits per heavy atom. The fraction of sp³-hybridized carbons (Fsp3) is 0.417. The Hall–Kier alpha value is -1.07. The molecule has 2 N–H and O–H groups in total. The number of amides is 1. The number of aromatic hydroxyl groups is 1. The molecule has 1 aromatic rings. The average molecular weight is 302 g/mol. The van der Waals surface area contributed by atoms with Gasteiger partial charge in [-0.25, -0.2) is 0 Å². The van der Waals surface area contributed by atoms with Gasteiger partial charge in [0.1, 0.15) is 5.75 Å². The number of hydrogen-bond donors (Lipinski definition) is 2. The lowest BCUT2D eigenvalue weighted by atomic mass is 10.0. The highest BCUT2D eigenvalue weighted by Crippen LogP contribution is 2.25. The first kappa shape index (κ1) is 14.0. The maximum Gasteiger partial charge on any atom is 0.257 e. The summed E-state index contributed by atoms with van der Waals surface area (Å²) in [5, 5.41) is 18.9. The van der Waals surface area contributed by atoms with Crippen LogP contribution in [0.5, 0.6) is 5.75 Å². The highest BCUT2D eigenvalue weighted by atomic mass is 79.9. The van der Waals surface area contributed by atoms with Crippen molar-refractivity contribution in [1.29, 1.82) is 0 Å². The van der Waals surface area contributed by atoms with Gasteiger partial charge in [0.15, 0.2) is 0 Å². The van der Waals surface area contributed by atoms with E-state index in [1.165, 1.54) is 11.0 Å². The molecule has 0 aromatic heterocycles. The number of carbonyl (C=O) groups is 1. The van der Waals surface area contributed by atoms with E-state index in [1.807, 2.05) is 0 Å². The number of aliphatic hydroxyl groups excluding tert-OH is 1. The third-order valence-corrected chi connectivity index (χ3v) is 3.28. The van der Waals surface area contributed by atoms with E-state index in [0.29, 0.717) is 4.47 Å². The quantitative estimate of drug-likeness (QED) is 0.898. The standard InChI is InChI=1S/C12H16BrNO3/c1-12(2,7-15)14(3)11(17)9-5-4-8(13)6-10(9)16/h4-6,15-16H,7H2,1-3H3. The molecule has 94 valence electrons. The van der Waals surface area contributed by atoms with E-state index in [0.717, 1.165) is 0 Å². The van der Waals surface area contributed by atoms with Crippen LogP contribution in [0.15, 0.2) is 22.7 Å². The van der Waals surface area contributed by atoms with Gasteiger partial charge in [0.2, 0.25) is 0 Å². The van der Waals surface area contributed by atoms with Gasteiger partial charge in [-0.1, -0.05) is 15.9 Å². The van der Waals surface area contributed by atoms with Crippen molar-refractivity contribution in [3.8, 4) is 5.75 Å². The van der Waals surface area contributed by atoms with Crippen molar-refractivity contribution >= 4 is 21.8 Å². The molecule has 1 amide bonds. The summed E-state index contributed by atoms with van der Waals surface area (Å²) < 4.78 is 0.704. The van der Waals surface area contributed by atoms with Gasteiger partial charge in [-0.3, -0.25) is 4.79 Å². The van der Waals surface area contributed by atoms with Gasteiger partial charge in [0.25, 0.3) is 5.91 Å². The van der Waals surface area contributed by atoms with E-state index in [-0.39, 0.29) is 23.8 Å². The van der Waals surface area contributed by atoms with Crippen molar-refractivity contribution in [2.24, 2.45) is 0 Å². The predicted octanol–water partition coefficient (Wildman–Crippen LogP) is 2.00. The summed E-state index contributed by atoms with van der Waals surface area (Å²) in [5.74, 6) is -0.404. The van der Waals surface area contributed by atoms with Crippen LogP contribution in [-0.2, 0) is 0 Å². The molecule has 0 aliphatic heterocycles. The zero-order chi connectivity index (χ0) is 13.2. The highest BCUT2D eigenvalue weighted by Gasteiger charge is 2.28. The number of rotatable bonds is 3. The number of hydrogen-bond acceptors (Lipinski definition) is 3. The summed E-state index contributed by atoms with van der Waals surface area (Å²) >= 11 is 3.21. The van der Waals surface area contributed by atoms with Crippen molar-refractivity contribution < 1.29 is 15.0 Å². The summed E-state index contributed by atoms with van der Waals surface area (Å²) in [5.41, 5.74) is -0.450. The van der Waals surface area contributed by atoms with Crippen LogP contribution in [0.1, 0.15) is 24.2 Å². The Morgan fingerprint density at radius 2 is 2.06 bits per heavy atom. The number of nitrogens with zero attached hydrogens (tertiary/aromatic N) is 1. The van der Waals surface area contributed by atoms with Crippen LogP contribution in [0, 0.1) is 0 Å². The van der Waals surface area contributed by atoms with E-state index in [1.54, 1.807) is 33.0 Å². The molecule has 0 unspecified atom stereocenters.